The second-order valence-electron chi connectivity index (χ2n) is 6.38. The van der Waals surface area contributed by atoms with Crippen molar-refractivity contribution in [2.45, 2.75) is 31.1 Å². The number of benzene rings is 1. The first-order valence-corrected chi connectivity index (χ1v) is 8.23. The number of ether oxygens (including phenoxy) is 2. The first kappa shape index (κ1) is 15.7. The van der Waals surface area contributed by atoms with Crippen LogP contribution in [0.4, 0.5) is 10.1 Å². The van der Waals surface area contributed by atoms with Crippen LogP contribution < -0.4 is 4.90 Å². The average Bonchev–Trinajstić information content (AvgIpc) is 3.15. The second kappa shape index (κ2) is 5.91. The maximum Gasteiger partial charge on any atom is 0.251 e. The molecule has 1 aromatic rings. The number of imide groups is 1. The highest BCUT2D eigenvalue weighted by molar-refractivity contribution is 6.22. The zero-order valence-electron chi connectivity index (χ0n) is 13.2. The quantitative estimate of drug-likeness (QED) is 0.763. The van der Waals surface area contributed by atoms with Crippen LogP contribution in [0, 0.1) is 5.82 Å². The monoisotopic (exact) mass is 334 g/mol. The van der Waals surface area contributed by atoms with Crippen LogP contribution in [0.25, 0.3) is 0 Å². The predicted octanol–water partition coefficient (Wildman–Crippen LogP) is 1.30. The summed E-state index contributed by atoms with van der Waals surface area (Å²) in [5.74, 6) is -1.80. The van der Waals surface area contributed by atoms with Gasteiger partial charge in [-0.15, -0.1) is 0 Å². The first-order chi connectivity index (χ1) is 11.6. The number of amides is 2. The fourth-order valence-electron chi connectivity index (χ4n) is 3.75. The Morgan fingerprint density at radius 1 is 1.08 bits per heavy atom. The zero-order valence-corrected chi connectivity index (χ0v) is 13.2. The molecule has 3 fully saturated rings. The van der Waals surface area contributed by atoms with Crippen molar-refractivity contribution < 1.29 is 23.5 Å². The number of hydrogen-bond donors (Lipinski definition) is 0. The molecule has 3 saturated heterocycles. The molecular formula is C17H19FN2O4. The number of piperidine rings is 1. The summed E-state index contributed by atoms with van der Waals surface area (Å²) in [6.45, 7) is 2.44. The number of rotatable bonds is 2. The Bertz CT molecular complexity index is 664. The first-order valence-electron chi connectivity index (χ1n) is 8.23. The largest absolute Gasteiger partial charge is 0.347 e. The van der Waals surface area contributed by atoms with Crippen LogP contribution in [0.1, 0.15) is 19.3 Å². The van der Waals surface area contributed by atoms with E-state index in [9.17, 15) is 14.0 Å². The summed E-state index contributed by atoms with van der Waals surface area (Å²) in [7, 11) is 0. The van der Waals surface area contributed by atoms with Gasteiger partial charge in [0.25, 0.3) is 5.91 Å². The van der Waals surface area contributed by atoms with Gasteiger partial charge in [0, 0.05) is 25.9 Å². The zero-order chi connectivity index (χ0) is 16.7. The summed E-state index contributed by atoms with van der Waals surface area (Å²) in [4.78, 5) is 28.0. The standard InChI is InChI=1S/C17H19FN2O4/c18-12-3-1-2-4-13(12)20-15(21)11-14(16(20)22)19-7-5-17(6-8-19)23-9-10-24-17/h1-4,14H,5-11H2/t14-/m1/s1. The lowest BCUT2D eigenvalue weighted by Gasteiger charge is -2.39. The third-order valence-electron chi connectivity index (χ3n) is 5.03. The van der Waals surface area contributed by atoms with Gasteiger partial charge in [-0.3, -0.25) is 14.5 Å². The van der Waals surface area contributed by atoms with Crippen molar-refractivity contribution in [3.63, 3.8) is 0 Å². The lowest BCUT2D eigenvalue weighted by molar-refractivity contribution is -0.188. The summed E-state index contributed by atoms with van der Waals surface area (Å²) in [5.41, 5.74) is 0.0333. The van der Waals surface area contributed by atoms with E-state index in [1.54, 1.807) is 6.07 Å². The van der Waals surface area contributed by atoms with E-state index in [1.165, 1.54) is 18.2 Å². The minimum absolute atomic E-state index is 0.0333. The van der Waals surface area contributed by atoms with Crippen molar-refractivity contribution in [1.29, 1.82) is 0 Å². The Hall–Kier alpha value is -1.83. The van der Waals surface area contributed by atoms with Crippen molar-refractivity contribution in [1.82, 2.24) is 4.90 Å². The van der Waals surface area contributed by atoms with Gasteiger partial charge in [0.1, 0.15) is 5.82 Å². The molecule has 128 valence electrons. The van der Waals surface area contributed by atoms with Crippen molar-refractivity contribution in [2.75, 3.05) is 31.2 Å². The van der Waals surface area contributed by atoms with E-state index < -0.39 is 17.6 Å². The number of carbonyl (C=O) groups excluding carboxylic acids is 2. The minimum atomic E-state index is -0.565. The molecule has 3 heterocycles. The lowest BCUT2D eigenvalue weighted by atomic mass is 10.0. The molecule has 1 spiro atoms. The van der Waals surface area contributed by atoms with Gasteiger partial charge in [-0.1, -0.05) is 12.1 Å². The molecule has 0 unspecified atom stereocenters. The van der Waals surface area contributed by atoms with E-state index >= 15 is 0 Å². The summed E-state index contributed by atoms with van der Waals surface area (Å²) in [6.07, 6.45) is 1.43. The fraction of sp³-hybridized carbons (Fsp3) is 0.529. The highest BCUT2D eigenvalue weighted by Gasteiger charge is 2.47. The molecular weight excluding hydrogens is 315 g/mol. The molecule has 7 heteroatoms. The highest BCUT2D eigenvalue weighted by Crippen LogP contribution is 2.34. The van der Waals surface area contributed by atoms with Crippen LogP contribution >= 0.6 is 0 Å². The van der Waals surface area contributed by atoms with E-state index in [0.717, 1.165) is 4.90 Å². The van der Waals surface area contributed by atoms with Crippen molar-refractivity contribution >= 4 is 17.5 Å². The average molecular weight is 334 g/mol. The van der Waals surface area contributed by atoms with Crippen LogP contribution in [0.2, 0.25) is 0 Å². The van der Waals surface area contributed by atoms with Crippen LogP contribution in [0.3, 0.4) is 0 Å². The predicted molar refractivity (Wildman–Crippen MR) is 82.7 cm³/mol. The Morgan fingerprint density at radius 2 is 1.75 bits per heavy atom. The number of halogens is 1. The third-order valence-corrected chi connectivity index (χ3v) is 5.03. The van der Waals surface area contributed by atoms with Crippen LogP contribution in [0.5, 0.6) is 0 Å². The molecule has 0 aliphatic carbocycles. The molecule has 4 rings (SSSR count). The summed E-state index contributed by atoms with van der Waals surface area (Å²) < 4.78 is 25.3. The molecule has 2 amide bonds. The maximum absolute atomic E-state index is 14.0. The molecule has 1 aromatic carbocycles. The van der Waals surface area contributed by atoms with Gasteiger partial charge in [-0.2, -0.15) is 0 Å². The molecule has 1 atom stereocenters. The summed E-state index contributed by atoms with van der Waals surface area (Å²) in [6, 6.07) is 5.33. The van der Waals surface area contributed by atoms with Crippen molar-refractivity contribution in [2.24, 2.45) is 0 Å². The van der Waals surface area contributed by atoms with Gasteiger partial charge < -0.3 is 9.47 Å². The van der Waals surface area contributed by atoms with E-state index in [0.29, 0.717) is 39.1 Å². The molecule has 0 aromatic heterocycles. The number of hydrogen-bond acceptors (Lipinski definition) is 5. The Labute approximate surface area is 139 Å². The van der Waals surface area contributed by atoms with Crippen molar-refractivity contribution in [3.8, 4) is 0 Å². The van der Waals surface area contributed by atoms with Gasteiger partial charge >= 0.3 is 0 Å². The molecule has 0 saturated carbocycles. The van der Waals surface area contributed by atoms with Crippen LogP contribution in [0.15, 0.2) is 24.3 Å². The Kier molecular flexibility index (Phi) is 3.86. The van der Waals surface area contributed by atoms with Crippen LogP contribution in [-0.2, 0) is 19.1 Å². The van der Waals surface area contributed by atoms with Crippen LogP contribution in [-0.4, -0.2) is 54.8 Å². The molecule has 0 radical (unpaired) electrons. The van der Waals surface area contributed by atoms with E-state index in [-0.39, 0.29) is 23.9 Å². The number of nitrogens with zero attached hydrogens (tertiary/aromatic N) is 2. The topological polar surface area (TPSA) is 59.1 Å². The summed E-state index contributed by atoms with van der Waals surface area (Å²) in [5, 5.41) is 0. The van der Waals surface area contributed by atoms with E-state index in [1.807, 2.05) is 4.90 Å². The van der Waals surface area contributed by atoms with Gasteiger partial charge in [0.05, 0.1) is 31.4 Å². The van der Waals surface area contributed by atoms with E-state index in [4.69, 9.17) is 9.47 Å². The normalized spacial score (nSPS) is 27.4. The highest BCUT2D eigenvalue weighted by atomic mass is 19.1. The number of carbonyl (C=O) groups is 2. The number of para-hydroxylation sites is 1. The Morgan fingerprint density at radius 3 is 2.42 bits per heavy atom. The third kappa shape index (κ3) is 2.53. The molecule has 3 aliphatic heterocycles. The Balaban J connectivity index is 1.49. The second-order valence-corrected chi connectivity index (χ2v) is 6.38. The van der Waals surface area contributed by atoms with Gasteiger partial charge in [0.15, 0.2) is 5.79 Å². The SMILES string of the molecule is O=C1C[C@@H](N2CCC3(CC2)OCCO3)C(=O)N1c1ccccc1F. The minimum Gasteiger partial charge on any atom is -0.347 e. The van der Waals surface area contributed by atoms with Gasteiger partial charge in [-0.25, -0.2) is 9.29 Å². The number of anilines is 1. The molecule has 3 aliphatic rings. The maximum atomic E-state index is 14.0. The molecule has 0 bridgehead atoms. The molecule has 24 heavy (non-hydrogen) atoms. The van der Waals surface area contributed by atoms with Crippen molar-refractivity contribution in [3.05, 3.63) is 30.1 Å². The lowest BCUT2D eigenvalue weighted by Crippen LogP contribution is -2.51. The van der Waals surface area contributed by atoms with E-state index in [2.05, 4.69) is 0 Å². The fourth-order valence-corrected chi connectivity index (χ4v) is 3.75. The number of likely N-dealkylation sites (tertiary alicyclic amines) is 1. The van der Waals surface area contributed by atoms with Gasteiger partial charge in [0.2, 0.25) is 5.91 Å². The van der Waals surface area contributed by atoms with Gasteiger partial charge in [-0.05, 0) is 12.1 Å². The molecule has 6 nitrogen and oxygen atoms in total. The molecule has 0 N–H and O–H groups in total. The smallest absolute Gasteiger partial charge is 0.251 e. The summed E-state index contributed by atoms with van der Waals surface area (Å²) >= 11 is 0.